The normalized spacial score (nSPS) is 11.3. The van der Waals surface area contributed by atoms with Crippen molar-refractivity contribution in [3.8, 4) is 0 Å². The van der Waals surface area contributed by atoms with Crippen molar-refractivity contribution in [2.45, 2.75) is 13.3 Å². The van der Waals surface area contributed by atoms with Crippen LogP contribution in [0.4, 0.5) is 11.5 Å². The van der Waals surface area contributed by atoms with E-state index < -0.39 is 10.0 Å². The Bertz CT molecular complexity index is 804. The van der Waals surface area contributed by atoms with E-state index >= 15 is 0 Å². The fraction of sp³-hybridized carbons (Fsp3) is 0.286. The molecule has 0 aliphatic heterocycles. The Morgan fingerprint density at radius 3 is 2.70 bits per heavy atom. The van der Waals surface area contributed by atoms with Gasteiger partial charge in [-0.05, 0) is 25.1 Å². The van der Waals surface area contributed by atoms with Crippen LogP contribution in [0.15, 0.2) is 34.9 Å². The van der Waals surface area contributed by atoms with E-state index in [1.54, 1.807) is 31.2 Å². The van der Waals surface area contributed by atoms with Gasteiger partial charge < -0.3 is 9.84 Å². The minimum absolute atomic E-state index is 0.0121. The summed E-state index contributed by atoms with van der Waals surface area (Å²) >= 11 is 5.89. The van der Waals surface area contributed by atoms with Crippen molar-refractivity contribution in [1.82, 2.24) is 5.16 Å². The van der Waals surface area contributed by atoms with Gasteiger partial charge in [-0.25, -0.2) is 8.42 Å². The summed E-state index contributed by atoms with van der Waals surface area (Å²) in [6.45, 7) is 1.69. The summed E-state index contributed by atoms with van der Waals surface area (Å²) in [5, 5.41) is 6.60. The Balaban J connectivity index is 2.06. The van der Waals surface area contributed by atoms with Gasteiger partial charge in [0.1, 0.15) is 5.76 Å². The van der Waals surface area contributed by atoms with E-state index in [0.29, 0.717) is 22.3 Å². The number of hydrogen-bond acceptors (Lipinski definition) is 5. The number of amides is 1. The summed E-state index contributed by atoms with van der Waals surface area (Å²) in [6.07, 6.45) is 1.04. The van der Waals surface area contributed by atoms with Gasteiger partial charge in [-0.15, -0.1) is 0 Å². The number of carbonyl (C=O) groups is 1. The molecule has 9 heteroatoms. The SMILES string of the molecule is Cc1cc(NC(=O)CCN(c2cccc(Cl)c2)S(C)(=O)=O)no1. The number of aryl methyl sites for hydroxylation is 1. The lowest BCUT2D eigenvalue weighted by molar-refractivity contribution is -0.116. The molecule has 124 valence electrons. The first-order chi connectivity index (χ1) is 10.8. The van der Waals surface area contributed by atoms with Crippen LogP contribution in [0.25, 0.3) is 0 Å². The van der Waals surface area contributed by atoms with Crippen LogP contribution < -0.4 is 9.62 Å². The first kappa shape index (κ1) is 17.3. The van der Waals surface area contributed by atoms with Crippen LogP contribution in [0, 0.1) is 6.92 Å². The van der Waals surface area contributed by atoms with Crippen molar-refractivity contribution in [2.75, 3.05) is 22.4 Å². The summed E-state index contributed by atoms with van der Waals surface area (Å²) in [6, 6.07) is 8.01. The van der Waals surface area contributed by atoms with Crippen molar-refractivity contribution in [1.29, 1.82) is 0 Å². The molecule has 7 nitrogen and oxygen atoms in total. The molecular weight excluding hydrogens is 342 g/mol. The monoisotopic (exact) mass is 357 g/mol. The smallest absolute Gasteiger partial charge is 0.232 e. The molecule has 0 saturated carbocycles. The molecule has 1 aromatic carbocycles. The maximum absolute atomic E-state index is 11.9. The van der Waals surface area contributed by atoms with Gasteiger partial charge in [0.2, 0.25) is 15.9 Å². The summed E-state index contributed by atoms with van der Waals surface area (Å²) < 4.78 is 29.9. The lowest BCUT2D eigenvalue weighted by Crippen LogP contribution is -2.33. The van der Waals surface area contributed by atoms with Crippen molar-refractivity contribution in [3.05, 3.63) is 41.1 Å². The number of hydrogen-bond donors (Lipinski definition) is 1. The first-order valence-electron chi connectivity index (χ1n) is 6.72. The Labute approximate surface area is 139 Å². The number of benzene rings is 1. The van der Waals surface area contributed by atoms with E-state index in [2.05, 4.69) is 10.5 Å². The Hall–Kier alpha value is -2.06. The average Bonchev–Trinajstić information content (AvgIpc) is 2.82. The molecule has 0 unspecified atom stereocenters. The fourth-order valence-corrected chi connectivity index (χ4v) is 3.06. The Morgan fingerprint density at radius 1 is 1.39 bits per heavy atom. The summed E-state index contributed by atoms with van der Waals surface area (Å²) in [5.41, 5.74) is 0.407. The number of rotatable bonds is 6. The van der Waals surface area contributed by atoms with Gasteiger partial charge in [-0.2, -0.15) is 0 Å². The first-order valence-corrected chi connectivity index (χ1v) is 8.95. The molecule has 0 aliphatic carbocycles. The standard InChI is InChI=1S/C14H16ClN3O4S/c1-10-8-13(17-22-10)16-14(19)6-7-18(23(2,20)21)12-5-3-4-11(15)9-12/h3-5,8-9H,6-7H2,1-2H3,(H,16,17,19). The predicted molar refractivity (Wildman–Crippen MR) is 88.1 cm³/mol. The van der Waals surface area contributed by atoms with Crippen molar-refractivity contribution >= 4 is 39.0 Å². The van der Waals surface area contributed by atoms with E-state index in [4.69, 9.17) is 16.1 Å². The third-order valence-corrected chi connectivity index (χ3v) is 4.36. The molecule has 0 fully saturated rings. The summed E-state index contributed by atoms with van der Waals surface area (Å²) in [7, 11) is -3.54. The molecule has 1 amide bonds. The van der Waals surface area contributed by atoms with E-state index in [9.17, 15) is 13.2 Å². The topological polar surface area (TPSA) is 92.5 Å². The molecule has 1 heterocycles. The highest BCUT2D eigenvalue weighted by molar-refractivity contribution is 7.92. The quantitative estimate of drug-likeness (QED) is 0.857. The highest BCUT2D eigenvalue weighted by Gasteiger charge is 2.19. The number of nitrogens with zero attached hydrogens (tertiary/aromatic N) is 2. The molecule has 0 aliphatic rings. The molecule has 0 saturated heterocycles. The fourth-order valence-electron chi connectivity index (χ4n) is 1.95. The zero-order valence-corrected chi connectivity index (χ0v) is 14.2. The summed E-state index contributed by atoms with van der Waals surface area (Å²) in [5.74, 6) is 0.493. The molecule has 0 atom stereocenters. The molecule has 0 bridgehead atoms. The van der Waals surface area contributed by atoms with Gasteiger partial charge in [-0.1, -0.05) is 22.8 Å². The van der Waals surface area contributed by atoms with Gasteiger partial charge >= 0.3 is 0 Å². The zero-order valence-electron chi connectivity index (χ0n) is 12.6. The van der Waals surface area contributed by atoms with Crippen molar-refractivity contribution < 1.29 is 17.7 Å². The van der Waals surface area contributed by atoms with Crippen LogP contribution >= 0.6 is 11.6 Å². The molecule has 2 aromatic rings. The largest absolute Gasteiger partial charge is 0.360 e. The molecule has 23 heavy (non-hydrogen) atoms. The summed E-state index contributed by atoms with van der Waals surface area (Å²) in [4.78, 5) is 11.9. The molecule has 1 aromatic heterocycles. The molecule has 2 rings (SSSR count). The average molecular weight is 358 g/mol. The molecule has 0 spiro atoms. The van der Waals surface area contributed by atoms with Crippen molar-refractivity contribution in [3.63, 3.8) is 0 Å². The highest BCUT2D eigenvalue weighted by atomic mass is 35.5. The minimum Gasteiger partial charge on any atom is -0.360 e. The van der Waals surface area contributed by atoms with E-state index in [1.807, 2.05) is 0 Å². The maximum Gasteiger partial charge on any atom is 0.232 e. The molecular formula is C14H16ClN3O4S. The van der Waals surface area contributed by atoms with Crippen molar-refractivity contribution in [2.24, 2.45) is 0 Å². The van der Waals surface area contributed by atoms with Crippen LogP contribution in [0.5, 0.6) is 0 Å². The van der Waals surface area contributed by atoms with Crippen LogP contribution in [0.2, 0.25) is 5.02 Å². The minimum atomic E-state index is -3.54. The Morgan fingerprint density at radius 2 is 2.13 bits per heavy atom. The second-order valence-corrected chi connectivity index (χ2v) is 7.28. The number of sulfonamides is 1. The van der Waals surface area contributed by atoms with E-state index in [1.165, 1.54) is 6.07 Å². The van der Waals surface area contributed by atoms with Gasteiger partial charge in [0.25, 0.3) is 0 Å². The van der Waals surface area contributed by atoms with Crippen LogP contribution in [0.3, 0.4) is 0 Å². The predicted octanol–water partition coefficient (Wildman–Crippen LogP) is 2.43. The second-order valence-electron chi connectivity index (χ2n) is 4.94. The zero-order chi connectivity index (χ0) is 17.0. The highest BCUT2D eigenvalue weighted by Crippen LogP contribution is 2.22. The third-order valence-electron chi connectivity index (χ3n) is 2.93. The number of nitrogens with one attached hydrogen (secondary N) is 1. The van der Waals surface area contributed by atoms with Gasteiger partial charge in [0.05, 0.1) is 11.9 Å². The lowest BCUT2D eigenvalue weighted by atomic mass is 10.3. The van der Waals surface area contributed by atoms with Crippen LogP contribution in [-0.2, 0) is 14.8 Å². The van der Waals surface area contributed by atoms with E-state index in [0.717, 1.165) is 10.6 Å². The van der Waals surface area contributed by atoms with Gasteiger partial charge in [-0.3, -0.25) is 9.10 Å². The lowest BCUT2D eigenvalue weighted by Gasteiger charge is -2.22. The van der Waals surface area contributed by atoms with Gasteiger partial charge in [0, 0.05) is 24.1 Å². The number of anilines is 2. The number of carbonyl (C=O) groups excluding carboxylic acids is 1. The van der Waals surface area contributed by atoms with Crippen LogP contribution in [-0.4, -0.2) is 32.3 Å². The van der Waals surface area contributed by atoms with Gasteiger partial charge in [0.15, 0.2) is 5.82 Å². The maximum atomic E-state index is 11.9. The van der Waals surface area contributed by atoms with E-state index in [-0.39, 0.29) is 18.9 Å². The number of aromatic nitrogens is 1. The number of halogens is 1. The van der Waals surface area contributed by atoms with Crippen LogP contribution in [0.1, 0.15) is 12.2 Å². The second kappa shape index (κ2) is 7.01. The Kier molecular flexibility index (Phi) is 5.27. The molecule has 1 N–H and O–H groups in total. The third kappa shape index (κ3) is 4.97. The molecule has 0 radical (unpaired) electrons.